The van der Waals surface area contributed by atoms with Crippen LogP contribution < -0.4 is 0 Å². The molecule has 1 aliphatic carbocycles. The zero-order valence-electron chi connectivity index (χ0n) is 10.5. The molecule has 3 rings (SSSR count). The van der Waals surface area contributed by atoms with Crippen LogP contribution in [0, 0.1) is 0 Å². The number of halogens is 3. The van der Waals surface area contributed by atoms with Gasteiger partial charge in [0.1, 0.15) is 0 Å². The Balaban J connectivity index is 2.25. The number of hydrogen-bond acceptors (Lipinski definition) is 2. The minimum atomic E-state index is 0.0255. The Labute approximate surface area is 131 Å². The maximum Gasteiger partial charge on any atom is 0.202 e. The van der Waals surface area contributed by atoms with Crippen molar-refractivity contribution in [3.8, 4) is 17.4 Å². The Hall–Kier alpha value is -1.03. The van der Waals surface area contributed by atoms with E-state index in [0.717, 1.165) is 36.8 Å². The first-order valence-corrected chi connectivity index (χ1v) is 7.43. The highest BCUT2D eigenvalue weighted by atomic mass is 35.5. The molecule has 20 heavy (non-hydrogen) atoms. The van der Waals surface area contributed by atoms with Crippen molar-refractivity contribution in [1.82, 2.24) is 4.57 Å². The first-order chi connectivity index (χ1) is 9.50. The lowest BCUT2D eigenvalue weighted by Gasteiger charge is -2.10. The smallest absolute Gasteiger partial charge is 0.202 e. The van der Waals surface area contributed by atoms with Crippen molar-refractivity contribution in [2.75, 3.05) is 0 Å². The summed E-state index contributed by atoms with van der Waals surface area (Å²) < 4.78 is 1.33. The summed E-state index contributed by atoms with van der Waals surface area (Å²) in [4.78, 5) is 0. The second kappa shape index (κ2) is 5.06. The van der Waals surface area contributed by atoms with Gasteiger partial charge in [0.25, 0.3) is 0 Å². The van der Waals surface area contributed by atoms with Gasteiger partial charge in [-0.1, -0.05) is 34.8 Å². The van der Waals surface area contributed by atoms with Crippen molar-refractivity contribution >= 4 is 34.8 Å². The summed E-state index contributed by atoms with van der Waals surface area (Å²) >= 11 is 18.1. The van der Waals surface area contributed by atoms with E-state index in [1.165, 1.54) is 16.7 Å². The first kappa shape index (κ1) is 13.9. The van der Waals surface area contributed by atoms with Gasteiger partial charge in [-0.2, -0.15) is 0 Å². The summed E-state index contributed by atoms with van der Waals surface area (Å²) in [6, 6.07) is 3.04. The van der Waals surface area contributed by atoms with E-state index in [4.69, 9.17) is 34.8 Å². The van der Waals surface area contributed by atoms with Crippen LogP contribution >= 0.6 is 34.8 Å². The first-order valence-electron chi connectivity index (χ1n) is 6.30. The molecule has 0 radical (unpaired) electrons. The molecular formula is C14H12Cl3NO2. The van der Waals surface area contributed by atoms with E-state index >= 15 is 0 Å². The van der Waals surface area contributed by atoms with Crippen molar-refractivity contribution in [3.05, 3.63) is 38.3 Å². The number of fused-ring (bicyclic) bond motifs is 1. The molecule has 0 spiro atoms. The molecule has 1 heterocycles. The molecule has 0 aliphatic heterocycles. The molecule has 1 aliphatic rings. The molecule has 106 valence electrons. The molecule has 0 bridgehead atoms. The molecule has 0 fully saturated rings. The fourth-order valence-electron chi connectivity index (χ4n) is 2.68. The summed E-state index contributed by atoms with van der Waals surface area (Å²) in [6.07, 6.45) is 3.50. The molecule has 1 aromatic heterocycles. The van der Waals surface area contributed by atoms with E-state index in [-0.39, 0.29) is 11.8 Å². The third-order valence-electron chi connectivity index (χ3n) is 3.66. The van der Waals surface area contributed by atoms with Gasteiger partial charge in [0.2, 0.25) is 11.8 Å². The number of rotatable bonds is 1. The molecule has 0 unspecified atom stereocenters. The highest BCUT2D eigenvalue weighted by molar-refractivity contribution is 6.43. The highest BCUT2D eigenvalue weighted by Crippen LogP contribution is 2.43. The van der Waals surface area contributed by atoms with Crippen LogP contribution in [0.2, 0.25) is 15.1 Å². The van der Waals surface area contributed by atoms with Gasteiger partial charge < -0.3 is 10.2 Å². The molecule has 0 saturated heterocycles. The minimum Gasteiger partial charge on any atom is -0.494 e. The average molecular weight is 333 g/mol. The molecule has 3 nitrogen and oxygen atoms in total. The summed E-state index contributed by atoms with van der Waals surface area (Å²) in [5, 5.41) is 21.7. The Morgan fingerprint density at radius 1 is 0.800 bits per heavy atom. The van der Waals surface area contributed by atoms with Crippen LogP contribution in [0.4, 0.5) is 0 Å². The quantitative estimate of drug-likeness (QED) is 0.742. The van der Waals surface area contributed by atoms with E-state index in [9.17, 15) is 10.2 Å². The minimum absolute atomic E-state index is 0.0255. The van der Waals surface area contributed by atoms with E-state index in [0.29, 0.717) is 20.8 Å². The summed E-state index contributed by atoms with van der Waals surface area (Å²) in [6.45, 7) is 0. The van der Waals surface area contributed by atoms with Crippen LogP contribution in [0.3, 0.4) is 0 Å². The van der Waals surface area contributed by atoms with Crippen molar-refractivity contribution in [2.45, 2.75) is 25.7 Å². The molecular weight excluding hydrogens is 321 g/mol. The summed E-state index contributed by atoms with van der Waals surface area (Å²) in [7, 11) is 0. The van der Waals surface area contributed by atoms with Crippen LogP contribution in [-0.4, -0.2) is 14.8 Å². The lowest BCUT2D eigenvalue weighted by Crippen LogP contribution is -1.98. The van der Waals surface area contributed by atoms with E-state index in [2.05, 4.69) is 0 Å². The molecule has 0 atom stereocenters. The molecule has 1 aromatic carbocycles. The number of hydrogen-bond donors (Lipinski definition) is 2. The van der Waals surface area contributed by atoms with Crippen molar-refractivity contribution in [3.63, 3.8) is 0 Å². The van der Waals surface area contributed by atoms with Gasteiger partial charge >= 0.3 is 0 Å². The number of aromatic nitrogens is 1. The van der Waals surface area contributed by atoms with Crippen molar-refractivity contribution < 1.29 is 10.2 Å². The maximum absolute atomic E-state index is 10.4. The fourth-order valence-corrected chi connectivity index (χ4v) is 3.31. The Morgan fingerprint density at radius 3 is 1.85 bits per heavy atom. The second-order valence-electron chi connectivity index (χ2n) is 4.86. The third-order valence-corrected chi connectivity index (χ3v) is 4.69. The SMILES string of the molecule is Oc1c2c(c(O)n1-c1cc(Cl)c(Cl)cc1Cl)CCCC2. The second-order valence-corrected chi connectivity index (χ2v) is 6.09. The van der Waals surface area contributed by atoms with E-state index in [1.54, 1.807) is 0 Å². The number of aromatic hydroxyl groups is 2. The van der Waals surface area contributed by atoms with Crippen LogP contribution in [-0.2, 0) is 12.8 Å². The van der Waals surface area contributed by atoms with Gasteiger partial charge in [-0.3, -0.25) is 0 Å². The Kier molecular flexibility index (Phi) is 3.53. The number of benzene rings is 1. The lowest BCUT2D eigenvalue weighted by atomic mass is 9.95. The largest absolute Gasteiger partial charge is 0.494 e. The molecule has 2 aromatic rings. The van der Waals surface area contributed by atoms with Gasteiger partial charge in [0.15, 0.2) is 0 Å². The maximum atomic E-state index is 10.4. The topological polar surface area (TPSA) is 45.4 Å². The normalized spacial score (nSPS) is 14.3. The monoisotopic (exact) mass is 331 g/mol. The van der Waals surface area contributed by atoms with Gasteiger partial charge in [-0.15, -0.1) is 0 Å². The molecule has 0 amide bonds. The predicted molar refractivity (Wildman–Crippen MR) is 80.8 cm³/mol. The van der Waals surface area contributed by atoms with Crippen molar-refractivity contribution in [1.29, 1.82) is 0 Å². The van der Waals surface area contributed by atoms with Gasteiger partial charge in [-0.25, -0.2) is 4.57 Å². The van der Waals surface area contributed by atoms with Crippen LogP contribution in [0.15, 0.2) is 12.1 Å². The zero-order chi connectivity index (χ0) is 14.4. The fraction of sp³-hybridized carbons (Fsp3) is 0.286. The van der Waals surface area contributed by atoms with E-state index in [1.807, 2.05) is 0 Å². The van der Waals surface area contributed by atoms with Gasteiger partial charge in [-0.05, 0) is 37.8 Å². The summed E-state index contributed by atoms with van der Waals surface area (Å²) in [5.41, 5.74) is 2.00. The summed E-state index contributed by atoms with van der Waals surface area (Å²) in [5.74, 6) is 0.0509. The Bertz CT molecular complexity index is 665. The van der Waals surface area contributed by atoms with Gasteiger partial charge in [0, 0.05) is 11.1 Å². The van der Waals surface area contributed by atoms with E-state index < -0.39 is 0 Å². The highest BCUT2D eigenvalue weighted by Gasteiger charge is 2.26. The third kappa shape index (κ3) is 2.05. The predicted octanol–water partition coefficient (Wildman–Crippen LogP) is 4.73. The zero-order valence-corrected chi connectivity index (χ0v) is 12.7. The molecule has 2 N–H and O–H groups in total. The number of nitrogens with zero attached hydrogens (tertiary/aromatic N) is 1. The van der Waals surface area contributed by atoms with Crippen LogP contribution in [0.25, 0.3) is 5.69 Å². The van der Waals surface area contributed by atoms with Crippen LogP contribution in [0.1, 0.15) is 24.0 Å². The average Bonchev–Trinajstić information content (AvgIpc) is 2.68. The van der Waals surface area contributed by atoms with Crippen LogP contribution in [0.5, 0.6) is 11.8 Å². The molecule has 6 heteroatoms. The molecule has 0 saturated carbocycles. The van der Waals surface area contributed by atoms with Crippen molar-refractivity contribution in [2.24, 2.45) is 0 Å². The standard InChI is InChI=1S/C14H12Cl3NO2/c15-9-5-11(17)12(6-10(9)16)18-13(19)7-3-1-2-4-8(7)14(18)20/h5-6,19-20H,1-4H2. The lowest BCUT2D eigenvalue weighted by molar-refractivity contribution is 0.399. The van der Waals surface area contributed by atoms with Gasteiger partial charge in [0.05, 0.1) is 20.8 Å². The Morgan fingerprint density at radius 2 is 1.30 bits per heavy atom.